The maximum absolute atomic E-state index is 13.8. The molecule has 0 spiro atoms. The number of allylic oxidation sites excluding steroid dienone is 1. The largest absolute Gasteiger partial charge is 0.310 e. The molecular weight excluding hydrogens is 244 g/mol. The van der Waals surface area contributed by atoms with Gasteiger partial charge < -0.3 is 5.32 Å². The summed E-state index contributed by atoms with van der Waals surface area (Å²) in [4.78, 5) is 0. The summed E-state index contributed by atoms with van der Waals surface area (Å²) in [5.41, 5.74) is 0.562. The monoisotopic (exact) mass is 267 g/mol. The van der Waals surface area contributed by atoms with Crippen molar-refractivity contribution in [3.8, 4) is 0 Å². The second kappa shape index (κ2) is 8.81. The van der Waals surface area contributed by atoms with E-state index in [0.717, 1.165) is 44.7 Å². The van der Waals surface area contributed by atoms with Gasteiger partial charge in [0.15, 0.2) is 0 Å². The molecule has 1 atom stereocenters. The molecule has 0 fully saturated rings. The van der Waals surface area contributed by atoms with Crippen LogP contribution >= 0.6 is 0 Å². The molecule has 0 amide bonds. The normalized spacial score (nSPS) is 12.4. The number of unbranched alkanes of at least 4 members (excludes halogenated alkanes) is 3. The van der Waals surface area contributed by atoms with Crippen LogP contribution in [0.5, 0.6) is 0 Å². The molecule has 106 valence electrons. The summed E-state index contributed by atoms with van der Waals surface area (Å²) >= 11 is 0. The molecule has 3 heteroatoms. The second-order valence-corrected chi connectivity index (χ2v) is 4.70. The lowest BCUT2D eigenvalue weighted by atomic mass is 9.99. The molecular formula is C16H23F2N. The first kappa shape index (κ1) is 15.8. The van der Waals surface area contributed by atoms with Gasteiger partial charge in [-0.25, -0.2) is 8.78 Å². The molecule has 0 saturated carbocycles. The zero-order valence-electron chi connectivity index (χ0n) is 11.6. The van der Waals surface area contributed by atoms with Gasteiger partial charge in [0.25, 0.3) is 0 Å². The fraction of sp³-hybridized carbons (Fsp3) is 0.500. The summed E-state index contributed by atoms with van der Waals surface area (Å²) in [7, 11) is 0. The molecule has 1 aromatic carbocycles. The highest BCUT2D eigenvalue weighted by atomic mass is 19.1. The van der Waals surface area contributed by atoms with Crippen molar-refractivity contribution in [2.24, 2.45) is 0 Å². The molecule has 0 aromatic heterocycles. The number of rotatable bonds is 9. The molecule has 0 saturated heterocycles. The predicted molar refractivity (Wildman–Crippen MR) is 76.1 cm³/mol. The zero-order valence-corrected chi connectivity index (χ0v) is 11.6. The van der Waals surface area contributed by atoms with Crippen molar-refractivity contribution in [2.45, 2.75) is 45.1 Å². The van der Waals surface area contributed by atoms with Crippen LogP contribution < -0.4 is 5.32 Å². The van der Waals surface area contributed by atoms with Crippen LogP contribution in [0, 0.1) is 11.6 Å². The zero-order chi connectivity index (χ0) is 14.1. The number of benzene rings is 1. The van der Waals surface area contributed by atoms with Gasteiger partial charge in [0, 0.05) is 17.7 Å². The summed E-state index contributed by atoms with van der Waals surface area (Å²) < 4.78 is 26.7. The van der Waals surface area contributed by atoms with Gasteiger partial charge in [-0.1, -0.05) is 31.9 Å². The minimum Gasteiger partial charge on any atom is -0.310 e. The Labute approximate surface area is 114 Å². The molecule has 0 aliphatic heterocycles. The summed E-state index contributed by atoms with van der Waals surface area (Å²) in [6, 6.07) is 3.79. The summed E-state index contributed by atoms with van der Waals surface area (Å²) in [6.07, 6.45) is 7.07. The van der Waals surface area contributed by atoms with Crippen LogP contribution in [0.25, 0.3) is 0 Å². The molecule has 0 aliphatic rings. The fourth-order valence-corrected chi connectivity index (χ4v) is 2.21. The molecule has 0 aliphatic carbocycles. The van der Waals surface area contributed by atoms with Gasteiger partial charge in [-0.05, 0) is 31.9 Å². The highest BCUT2D eigenvalue weighted by molar-refractivity contribution is 5.22. The SMILES string of the molecule is C=CCCCCCC(NCC)c1ccc(F)cc1F. The molecule has 1 rings (SSSR count). The van der Waals surface area contributed by atoms with Crippen molar-refractivity contribution < 1.29 is 8.78 Å². The van der Waals surface area contributed by atoms with Crippen LogP contribution in [-0.4, -0.2) is 6.54 Å². The first-order chi connectivity index (χ1) is 9.19. The smallest absolute Gasteiger partial charge is 0.130 e. The highest BCUT2D eigenvalue weighted by Gasteiger charge is 2.14. The van der Waals surface area contributed by atoms with Crippen LogP contribution in [0.4, 0.5) is 8.78 Å². The minimum atomic E-state index is -0.525. The van der Waals surface area contributed by atoms with Crippen LogP contribution in [0.1, 0.15) is 50.6 Å². The molecule has 0 heterocycles. The Morgan fingerprint density at radius 1 is 1.26 bits per heavy atom. The molecule has 0 bridgehead atoms. The van der Waals surface area contributed by atoms with E-state index in [-0.39, 0.29) is 6.04 Å². The Balaban J connectivity index is 2.58. The van der Waals surface area contributed by atoms with Gasteiger partial charge in [0.05, 0.1) is 0 Å². The van der Waals surface area contributed by atoms with Crippen LogP contribution in [-0.2, 0) is 0 Å². The third-order valence-corrected chi connectivity index (χ3v) is 3.19. The number of halogens is 2. The quantitative estimate of drug-likeness (QED) is 0.503. The first-order valence-electron chi connectivity index (χ1n) is 6.98. The summed E-state index contributed by atoms with van der Waals surface area (Å²) in [6.45, 7) is 6.46. The van der Waals surface area contributed by atoms with E-state index in [2.05, 4.69) is 11.9 Å². The van der Waals surface area contributed by atoms with Crippen molar-refractivity contribution in [3.63, 3.8) is 0 Å². The van der Waals surface area contributed by atoms with E-state index >= 15 is 0 Å². The van der Waals surface area contributed by atoms with Gasteiger partial charge in [0.2, 0.25) is 0 Å². The van der Waals surface area contributed by atoms with Crippen molar-refractivity contribution in [1.82, 2.24) is 5.32 Å². The predicted octanol–water partition coefficient (Wildman–Crippen LogP) is 4.75. The Bertz CT molecular complexity index is 390. The van der Waals surface area contributed by atoms with Crippen LogP contribution in [0.3, 0.4) is 0 Å². The van der Waals surface area contributed by atoms with Crippen molar-refractivity contribution in [3.05, 3.63) is 48.1 Å². The van der Waals surface area contributed by atoms with E-state index in [9.17, 15) is 8.78 Å². The van der Waals surface area contributed by atoms with E-state index in [4.69, 9.17) is 0 Å². The average Bonchev–Trinajstić information content (AvgIpc) is 2.38. The standard InChI is InChI=1S/C16H23F2N/c1-3-5-6-7-8-9-16(19-4-2)14-11-10-13(17)12-15(14)18/h3,10-12,16,19H,1,4-9H2,2H3. The van der Waals surface area contributed by atoms with Crippen LogP contribution in [0.15, 0.2) is 30.9 Å². The van der Waals surface area contributed by atoms with Gasteiger partial charge in [-0.15, -0.1) is 6.58 Å². The lowest BCUT2D eigenvalue weighted by molar-refractivity contribution is 0.459. The van der Waals surface area contributed by atoms with Gasteiger partial charge in [-0.2, -0.15) is 0 Å². The summed E-state index contributed by atoms with van der Waals surface area (Å²) in [5, 5.41) is 3.27. The second-order valence-electron chi connectivity index (χ2n) is 4.70. The number of nitrogens with one attached hydrogen (secondary N) is 1. The van der Waals surface area contributed by atoms with Gasteiger partial charge in [-0.3, -0.25) is 0 Å². The Morgan fingerprint density at radius 2 is 2.05 bits per heavy atom. The Morgan fingerprint density at radius 3 is 2.68 bits per heavy atom. The van der Waals surface area contributed by atoms with Gasteiger partial charge in [0.1, 0.15) is 11.6 Å². The highest BCUT2D eigenvalue weighted by Crippen LogP contribution is 2.23. The third kappa shape index (κ3) is 5.52. The lowest BCUT2D eigenvalue weighted by Crippen LogP contribution is -2.22. The third-order valence-electron chi connectivity index (χ3n) is 3.19. The van der Waals surface area contributed by atoms with E-state index in [0.29, 0.717) is 5.56 Å². The number of hydrogen-bond acceptors (Lipinski definition) is 1. The Hall–Kier alpha value is -1.22. The maximum Gasteiger partial charge on any atom is 0.130 e. The van der Waals surface area contributed by atoms with Gasteiger partial charge >= 0.3 is 0 Å². The van der Waals surface area contributed by atoms with Crippen molar-refractivity contribution in [2.75, 3.05) is 6.54 Å². The van der Waals surface area contributed by atoms with E-state index in [1.807, 2.05) is 13.0 Å². The number of hydrogen-bond donors (Lipinski definition) is 1. The molecule has 1 unspecified atom stereocenters. The van der Waals surface area contributed by atoms with Crippen LogP contribution in [0.2, 0.25) is 0 Å². The molecule has 19 heavy (non-hydrogen) atoms. The topological polar surface area (TPSA) is 12.0 Å². The minimum absolute atomic E-state index is 0.0330. The summed E-state index contributed by atoms with van der Waals surface area (Å²) in [5.74, 6) is -0.987. The lowest BCUT2D eigenvalue weighted by Gasteiger charge is -2.19. The van der Waals surface area contributed by atoms with E-state index in [1.165, 1.54) is 6.07 Å². The maximum atomic E-state index is 13.8. The fourth-order valence-electron chi connectivity index (χ4n) is 2.21. The first-order valence-corrected chi connectivity index (χ1v) is 6.98. The van der Waals surface area contributed by atoms with E-state index in [1.54, 1.807) is 6.07 Å². The molecule has 1 N–H and O–H groups in total. The molecule has 0 radical (unpaired) electrons. The Kier molecular flexibility index (Phi) is 7.34. The molecule has 1 aromatic rings. The van der Waals surface area contributed by atoms with E-state index < -0.39 is 11.6 Å². The van der Waals surface area contributed by atoms with Crippen molar-refractivity contribution >= 4 is 0 Å². The average molecular weight is 267 g/mol. The molecule has 1 nitrogen and oxygen atoms in total. The van der Waals surface area contributed by atoms with Crippen molar-refractivity contribution in [1.29, 1.82) is 0 Å².